The SMILES string of the molecule is Br.CCN(CC)Cc1cccc(OC)c1. The third-order valence-corrected chi connectivity index (χ3v) is 2.43. The van der Waals surface area contributed by atoms with E-state index in [1.165, 1.54) is 5.56 Å². The summed E-state index contributed by atoms with van der Waals surface area (Å²) in [6.07, 6.45) is 0. The van der Waals surface area contributed by atoms with Crippen LogP contribution in [-0.4, -0.2) is 25.1 Å². The molecule has 3 heteroatoms. The predicted octanol–water partition coefficient (Wildman–Crippen LogP) is 3.11. The number of methoxy groups -OCH3 is 1. The van der Waals surface area contributed by atoms with Gasteiger partial charge >= 0.3 is 0 Å². The van der Waals surface area contributed by atoms with Gasteiger partial charge in [0, 0.05) is 6.54 Å². The highest BCUT2D eigenvalue weighted by Crippen LogP contribution is 2.13. The maximum atomic E-state index is 5.19. The lowest BCUT2D eigenvalue weighted by Gasteiger charge is -2.18. The van der Waals surface area contributed by atoms with E-state index in [4.69, 9.17) is 4.74 Å². The molecule has 2 nitrogen and oxygen atoms in total. The van der Waals surface area contributed by atoms with Crippen LogP contribution in [0.2, 0.25) is 0 Å². The van der Waals surface area contributed by atoms with Crippen LogP contribution >= 0.6 is 17.0 Å². The van der Waals surface area contributed by atoms with Crippen LogP contribution in [0.1, 0.15) is 19.4 Å². The number of rotatable bonds is 5. The minimum absolute atomic E-state index is 0. The van der Waals surface area contributed by atoms with Crippen molar-refractivity contribution < 1.29 is 4.74 Å². The lowest BCUT2D eigenvalue weighted by Crippen LogP contribution is -2.21. The van der Waals surface area contributed by atoms with Gasteiger partial charge in [-0.25, -0.2) is 0 Å². The van der Waals surface area contributed by atoms with E-state index in [1.54, 1.807) is 7.11 Å². The van der Waals surface area contributed by atoms with Gasteiger partial charge in [0.2, 0.25) is 0 Å². The molecule has 0 aliphatic rings. The summed E-state index contributed by atoms with van der Waals surface area (Å²) in [5.74, 6) is 0.939. The van der Waals surface area contributed by atoms with Crippen LogP contribution in [0.5, 0.6) is 5.75 Å². The molecule has 1 rings (SSSR count). The smallest absolute Gasteiger partial charge is 0.119 e. The third kappa shape index (κ3) is 4.67. The van der Waals surface area contributed by atoms with Gasteiger partial charge in [-0.1, -0.05) is 26.0 Å². The van der Waals surface area contributed by atoms with Crippen molar-refractivity contribution in [1.29, 1.82) is 0 Å². The molecule has 0 N–H and O–H groups in total. The Balaban J connectivity index is 0.00000196. The first-order valence-corrected chi connectivity index (χ1v) is 5.15. The highest BCUT2D eigenvalue weighted by Gasteiger charge is 2.01. The van der Waals surface area contributed by atoms with E-state index < -0.39 is 0 Å². The van der Waals surface area contributed by atoms with Crippen molar-refractivity contribution in [2.75, 3.05) is 20.2 Å². The van der Waals surface area contributed by atoms with E-state index in [0.717, 1.165) is 25.4 Å². The first kappa shape index (κ1) is 14.5. The third-order valence-electron chi connectivity index (χ3n) is 2.43. The quantitative estimate of drug-likeness (QED) is 0.818. The minimum Gasteiger partial charge on any atom is -0.497 e. The summed E-state index contributed by atoms with van der Waals surface area (Å²) in [7, 11) is 1.70. The number of ether oxygens (including phenoxy) is 1. The molecule has 0 radical (unpaired) electrons. The van der Waals surface area contributed by atoms with Crippen molar-refractivity contribution in [3.8, 4) is 5.75 Å². The fraction of sp³-hybridized carbons (Fsp3) is 0.500. The Morgan fingerprint density at radius 1 is 1.20 bits per heavy atom. The van der Waals surface area contributed by atoms with Crippen molar-refractivity contribution in [3.63, 3.8) is 0 Å². The topological polar surface area (TPSA) is 12.5 Å². The van der Waals surface area contributed by atoms with Crippen molar-refractivity contribution in [3.05, 3.63) is 29.8 Å². The number of halogens is 1. The van der Waals surface area contributed by atoms with Crippen molar-refractivity contribution >= 4 is 17.0 Å². The van der Waals surface area contributed by atoms with E-state index in [2.05, 4.69) is 30.9 Å². The Bertz CT molecular complexity index is 274. The average Bonchev–Trinajstić information content (AvgIpc) is 2.26. The first-order chi connectivity index (χ1) is 6.80. The average molecular weight is 274 g/mol. The van der Waals surface area contributed by atoms with Gasteiger partial charge in [0.05, 0.1) is 7.11 Å². The molecule has 0 aliphatic carbocycles. The zero-order valence-corrected chi connectivity index (χ0v) is 11.4. The Morgan fingerprint density at radius 3 is 2.40 bits per heavy atom. The predicted molar refractivity (Wildman–Crippen MR) is 69.9 cm³/mol. The highest BCUT2D eigenvalue weighted by molar-refractivity contribution is 8.93. The number of hydrogen-bond donors (Lipinski definition) is 0. The van der Waals surface area contributed by atoms with Crippen LogP contribution in [0.3, 0.4) is 0 Å². The normalized spacial score (nSPS) is 9.87. The Hall–Kier alpha value is -0.540. The largest absolute Gasteiger partial charge is 0.497 e. The van der Waals surface area contributed by atoms with Crippen LogP contribution < -0.4 is 4.74 Å². The summed E-state index contributed by atoms with van der Waals surface area (Å²) in [4.78, 5) is 2.38. The van der Waals surface area contributed by atoms with E-state index in [1.807, 2.05) is 12.1 Å². The molecule has 0 unspecified atom stereocenters. The van der Waals surface area contributed by atoms with E-state index in [-0.39, 0.29) is 17.0 Å². The number of hydrogen-bond acceptors (Lipinski definition) is 2. The molecule has 1 aromatic rings. The highest BCUT2D eigenvalue weighted by atomic mass is 79.9. The van der Waals surface area contributed by atoms with Gasteiger partial charge in [-0.15, -0.1) is 17.0 Å². The lowest BCUT2D eigenvalue weighted by molar-refractivity contribution is 0.295. The molecule has 15 heavy (non-hydrogen) atoms. The monoisotopic (exact) mass is 273 g/mol. The van der Waals surface area contributed by atoms with Gasteiger partial charge in [-0.3, -0.25) is 4.90 Å². The second kappa shape index (κ2) is 7.71. The van der Waals surface area contributed by atoms with Crippen LogP contribution in [0.25, 0.3) is 0 Å². The molecule has 0 heterocycles. The zero-order chi connectivity index (χ0) is 10.4. The Kier molecular flexibility index (Phi) is 7.44. The molecule has 1 aromatic carbocycles. The van der Waals surface area contributed by atoms with Gasteiger partial charge in [-0.05, 0) is 30.8 Å². The molecule has 0 fully saturated rings. The summed E-state index contributed by atoms with van der Waals surface area (Å²) in [6, 6.07) is 8.25. The molecule has 0 amide bonds. The minimum atomic E-state index is 0. The number of benzene rings is 1. The second-order valence-corrected chi connectivity index (χ2v) is 3.31. The van der Waals surface area contributed by atoms with E-state index in [0.29, 0.717) is 0 Å². The molecule has 86 valence electrons. The standard InChI is InChI=1S/C12H19NO.BrH/c1-4-13(5-2)10-11-7-6-8-12(9-11)14-3;/h6-9H,4-5,10H2,1-3H3;1H. The van der Waals surface area contributed by atoms with Gasteiger partial charge in [0.25, 0.3) is 0 Å². The molecule has 0 saturated carbocycles. The van der Waals surface area contributed by atoms with Crippen molar-refractivity contribution in [2.45, 2.75) is 20.4 Å². The first-order valence-electron chi connectivity index (χ1n) is 5.15. The molecule has 0 aliphatic heterocycles. The van der Waals surface area contributed by atoms with Gasteiger partial charge < -0.3 is 4.74 Å². The van der Waals surface area contributed by atoms with Crippen LogP contribution in [0.4, 0.5) is 0 Å². The molecule has 0 atom stereocenters. The summed E-state index contributed by atoms with van der Waals surface area (Å²) >= 11 is 0. The molecular formula is C12H20BrNO. The molecule has 0 bridgehead atoms. The maximum absolute atomic E-state index is 5.19. The maximum Gasteiger partial charge on any atom is 0.119 e. The molecule has 0 spiro atoms. The Morgan fingerprint density at radius 2 is 1.87 bits per heavy atom. The van der Waals surface area contributed by atoms with E-state index in [9.17, 15) is 0 Å². The fourth-order valence-corrected chi connectivity index (χ4v) is 1.48. The second-order valence-electron chi connectivity index (χ2n) is 3.31. The van der Waals surface area contributed by atoms with Gasteiger partial charge in [-0.2, -0.15) is 0 Å². The van der Waals surface area contributed by atoms with Crippen LogP contribution in [-0.2, 0) is 6.54 Å². The summed E-state index contributed by atoms with van der Waals surface area (Å²) < 4.78 is 5.19. The van der Waals surface area contributed by atoms with Gasteiger partial charge in [0.15, 0.2) is 0 Å². The zero-order valence-electron chi connectivity index (χ0n) is 9.69. The molecule has 0 aromatic heterocycles. The summed E-state index contributed by atoms with van der Waals surface area (Å²) in [5.41, 5.74) is 1.31. The van der Waals surface area contributed by atoms with Crippen molar-refractivity contribution in [1.82, 2.24) is 4.90 Å². The molecular weight excluding hydrogens is 254 g/mol. The number of nitrogens with zero attached hydrogens (tertiary/aromatic N) is 1. The van der Waals surface area contributed by atoms with Crippen LogP contribution in [0.15, 0.2) is 24.3 Å². The van der Waals surface area contributed by atoms with Crippen LogP contribution in [0, 0.1) is 0 Å². The van der Waals surface area contributed by atoms with Crippen molar-refractivity contribution in [2.24, 2.45) is 0 Å². The summed E-state index contributed by atoms with van der Waals surface area (Å²) in [6.45, 7) is 7.55. The van der Waals surface area contributed by atoms with E-state index >= 15 is 0 Å². The Labute approximate surface area is 103 Å². The lowest BCUT2D eigenvalue weighted by atomic mass is 10.2. The molecule has 0 saturated heterocycles. The summed E-state index contributed by atoms with van der Waals surface area (Å²) in [5, 5.41) is 0. The fourth-order valence-electron chi connectivity index (χ4n) is 1.48. The van der Waals surface area contributed by atoms with Gasteiger partial charge in [0.1, 0.15) is 5.75 Å².